The first-order valence-corrected chi connectivity index (χ1v) is 12.3. The highest BCUT2D eigenvalue weighted by Crippen LogP contribution is 2.26. The van der Waals surface area contributed by atoms with Crippen molar-refractivity contribution in [2.24, 2.45) is 16.9 Å². The van der Waals surface area contributed by atoms with Crippen molar-refractivity contribution in [2.75, 3.05) is 0 Å². The fraction of sp³-hybridized carbons (Fsp3) is 0.296. The average molecular weight is 552 g/mol. The minimum atomic E-state index is -1.67. The summed E-state index contributed by atoms with van der Waals surface area (Å²) >= 11 is 0. The molecule has 1 aliphatic rings. The monoisotopic (exact) mass is 551 g/mol. The van der Waals surface area contributed by atoms with Gasteiger partial charge in [0.2, 0.25) is 23.6 Å². The molecule has 2 unspecified atom stereocenters. The number of aliphatic carboxylic acids is 2. The van der Waals surface area contributed by atoms with Crippen LogP contribution in [0.2, 0.25) is 0 Å². The summed E-state index contributed by atoms with van der Waals surface area (Å²) in [6.45, 7) is 1.29. The molecule has 40 heavy (non-hydrogen) atoms. The number of nitrogens with one attached hydrogen (secondary N) is 2. The van der Waals surface area contributed by atoms with Gasteiger partial charge in [-0.1, -0.05) is 54.6 Å². The minimum absolute atomic E-state index is 0.126. The summed E-state index contributed by atoms with van der Waals surface area (Å²) in [5.74, 6) is -1.56. The number of carboxylic acid groups (broad SMARTS) is 2. The highest BCUT2D eigenvalue weighted by atomic mass is 16.4. The summed E-state index contributed by atoms with van der Waals surface area (Å²) in [5.41, 5.74) is 1.77. The van der Waals surface area contributed by atoms with Gasteiger partial charge in [-0.2, -0.15) is 5.10 Å². The van der Waals surface area contributed by atoms with E-state index >= 15 is 0 Å². The first-order chi connectivity index (χ1) is 19.0. The van der Waals surface area contributed by atoms with Crippen molar-refractivity contribution >= 4 is 41.8 Å². The van der Waals surface area contributed by atoms with Crippen molar-refractivity contribution in [1.82, 2.24) is 15.5 Å². The van der Waals surface area contributed by atoms with E-state index in [4.69, 9.17) is 5.84 Å². The molecule has 13 heteroatoms. The lowest BCUT2D eigenvalue weighted by atomic mass is 9.97. The molecule has 1 fully saturated rings. The van der Waals surface area contributed by atoms with Gasteiger partial charge in [-0.3, -0.25) is 28.9 Å². The molecule has 4 atom stereocenters. The smallest absolute Gasteiger partial charge is 0.330 e. The number of nitrogens with two attached hydrogens (primary N) is 1. The second-order valence-electron chi connectivity index (χ2n) is 9.25. The van der Waals surface area contributed by atoms with Crippen molar-refractivity contribution in [3.63, 3.8) is 0 Å². The number of imide groups is 1. The summed E-state index contributed by atoms with van der Waals surface area (Å²) in [6.07, 6.45) is 0.715. The Kier molecular flexibility index (Phi) is 9.68. The lowest BCUT2D eigenvalue weighted by Gasteiger charge is -2.25. The molecule has 0 spiro atoms. The van der Waals surface area contributed by atoms with E-state index in [1.165, 1.54) is 25.3 Å². The SMILES string of the molecule is CC(C(=O)N[C@@H](CC(=O)O)C(=O)N[C@H](C(=O)O)c1ccccc1)N1C(=O)CC(Cc2ccc(C=NN)cc2)C1=O. The predicted molar refractivity (Wildman–Crippen MR) is 140 cm³/mol. The fourth-order valence-electron chi connectivity index (χ4n) is 4.36. The van der Waals surface area contributed by atoms with Crippen LogP contribution in [0.15, 0.2) is 59.7 Å². The van der Waals surface area contributed by atoms with Gasteiger partial charge in [0, 0.05) is 6.42 Å². The van der Waals surface area contributed by atoms with E-state index in [-0.39, 0.29) is 18.4 Å². The highest BCUT2D eigenvalue weighted by molar-refractivity contribution is 6.07. The van der Waals surface area contributed by atoms with Crippen LogP contribution in [0.5, 0.6) is 0 Å². The Hall–Kier alpha value is -5.07. The van der Waals surface area contributed by atoms with Crippen LogP contribution in [-0.4, -0.2) is 69.0 Å². The zero-order chi connectivity index (χ0) is 29.4. The van der Waals surface area contributed by atoms with Crippen molar-refractivity contribution < 1.29 is 39.0 Å². The number of hydrogen-bond donors (Lipinski definition) is 5. The quantitative estimate of drug-likeness (QED) is 0.105. The third-order valence-corrected chi connectivity index (χ3v) is 6.41. The minimum Gasteiger partial charge on any atom is -0.481 e. The molecular weight excluding hydrogens is 522 g/mol. The molecule has 1 saturated heterocycles. The summed E-state index contributed by atoms with van der Waals surface area (Å²) in [5, 5.41) is 26.8. The first-order valence-electron chi connectivity index (χ1n) is 12.3. The molecule has 1 aliphatic heterocycles. The second kappa shape index (κ2) is 13.1. The van der Waals surface area contributed by atoms with Crippen LogP contribution >= 0.6 is 0 Å². The molecule has 0 aliphatic carbocycles. The number of benzene rings is 2. The number of carbonyl (C=O) groups is 6. The summed E-state index contributed by atoms with van der Waals surface area (Å²) < 4.78 is 0. The molecule has 1 heterocycles. The molecule has 0 saturated carbocycles. The number of carbonyl (C=O) groups excluding carboxylic acids is 4. The molecule has 2 aromatic carbocycles. The van der Waals surface area contributed by atoms with Gasteiger partial charge in [0.15, 0.2) is 6.04 Å². The molecule has 13 nitrogen and oxygen atoms in total. The van der Waals surface area contributed by atoms with Crippen LogP contribution in [-0.2, 0) is 35.2 Å². The van der Waals surface area contributed by atoms with E-state index in [1.807, 2.05) is 0 Å². The summed E-state index contributed by atoms with van der Waals surface area (Å²) in [4.78, 5) is 75.6. The molecule has 4 amide bonds. The maximum Gasteiger partial charge on any atom is 0.330 e. The molecule has 0 radical (unpaired) electrons. The van der Waals surface area contributed by atoms with Crippen molar-refractivity contribution in [3.8, 4) is 0 Å². The van der Waals surface area contributed by atoms with Crippen molar-refractivity contribution in [1.29, 1.82) is 0 Å². The zero-order valence-corrected chi connectivity index (χ0v) is 21.5. The lowest BCUT2D eigenvalue weighted by molar-refractivity contribution is -0.148. The first kappa shape index (κ1) is 29.5. The Labute approximate surface area is 229 Å². The van der Waals surface area contributed by atoms with Gasteiger partial charge in [0.05, 0.1) is 18.6 Å². The molecule has 2 aromatic rings. The highest BCUT2D eigenvalue weighted by Gasteiger charge is 2.43. The van der Waals surface area contributed by atoms with E-state index in [0.29, 0.717) is 0 Å². The predicted octanol–water partition coefficient (Wildman–Crippen LogP) is 0.187. The number of nitrogens with zero attached hydrogens (tertiary/aromatic N) is 2. The summed E-state index contributed by atoms with van der Waals surface area (Å²) in [6, 6.07) is 10.2. The standard InChI is InChI=1S/C27H29N5O8/c1-15(32-21(33)12-19(26(32)38)11-16-7-9-17(10-8-16)14-29-28)24(36)30-20(13-22(34)35)25(37)31-23(27(39)40)18-5-3-2-4-6-18/h2-10,14-15,19-20,23H,11-13,28H2,1H3,(H,30,36)(H,31,37)(H,34,35)(H,39,40)/t15?,19?,20-,23-/m0/s1. The molecular formula is C27H29N5O8. The molecule has 3 rings (SSSR count). The van der Waals surface area contributed by atoms with Gasteiger partial charge in [-0.25, -0.2) is 4.79 Å². The lowest BCUT2D eigenvalue weighted by Crippen LogP contribution is -2.55. The molecule has 0 aromatic heterocycles. The number of rotatable bonds is 12. The van der Waals surface area contributed by atoms with Crippen LogP contribution in [0.25, 0.3) is 0 Å². The van der Waals surface area contributed by atoms with Crippen LogP contribution in [0, 0.1) is 5.92 Å². The Balaban J connectivity index is 1.69. The molecule has 6 N–H and O–H groups in total. The Bertz CT molecular complexity index is 1310. The van der Waals surface area contributed by atoms with Crippen molar-refractivity contribution in [3.05, 3.63) is 71.3 Å². The fourth-order valence-corrected chi connectivity index (χ4v) is 4.36. The second-order valence-corrected chi connectivity index (χ2v) is 9.25. The van der Waals surface area contributed by atoms with E-state index in [0.717, 1.165) is 16.0 Å². The largest absolute Gasteiger partial charge is 0.481 e. The van der Waals surface area contributed by atoms with Gasteiger partial charge in [-0.15, -0.1) is 0 Å². The average Bonchev–Trinajstić information content (AvgIpc) is 3.19. The van der Waals surface area contributed by atoms with Gasteiger partial charge >= 0.3 is 11.9 Å². The van der Waals surface area contributed by atoms with Gasteiger partial charge in [0.1, 0.15) is 12.1 Å². The zero-order valence-electron chi connectivity index (χ0n) is 21.5. The number of carboxylic acids is 2. The Morgan fingerprint density at radius 1 is 1.02 bits per heavy atom. The van der Waals surface area contributed by atoms with Gasteiger partial charge in [-0.05, 0) is 30.0 Å². The van der Waals surface area contributed by atoms with E-state index in [1.54, 1.807) is 42.5 Å². The molecule has 0 bridgehead atoms. The topological polar surface area (TPSA) is 209 Å². The Morgan fingerprint density at radius 2 is 1.68 bits per heavy atom. The van der Waals surface area contributed by atoms with E-state index in [2.05, 4.69) is 15.7 Å². The number of hydrazone groups is 1. The number of amides is 4. The van der Waals surface area contributed by atoms with Crippen LogP contribution in [0.1, 0.15) is 42.5 Å². The van der Waals surface area contributed by atoms with Crippen LogP contribution in [0.3, 0.4) is 0 Å². The number of hydrogen-bond acceptors (Lipinski definition) is 8. The molecule has 210 valence electrons. The number of likely N-dealkylation sites (tertiary alicyclic amines) is 1. The third kappa shape index (κ3) is 7.28. The Morgan fingerprint density at radius 3 is 2.25 bits per heavy atom. The maximum atomic E-state index is 13.1. The van der Waals surface area contributed by atoms with Crippen LogP contribution < -0.4 is 16.5 Å². The van der Waals surface area contributed by atoms with Gasteiger partial charge < -0.3 is 26.7 Å². The van der Waals surface area contributed by atoms with E-state index < -0.39 is 66.0 Å². The van der Waals surface area contributed by atoms with E-state index in [9.17, 15) is 39.0 Å². The third-order valence-electron chi connectivity index (χ3n) is 6.41. The summed E-state index contributed by atoms with van der Waals surface area (Å²) in [7, 11) is 0. The normalized spacial score (nSPS) is 17.3. The van der Waals surface area contributed by atoms with Crippen molar-refractivity contribution in [2.45, 2.75) is 44.3 Å². The maximum absolute atomic E-state index is 13.1. The van der Waals surface area contributed by atoms with Gasteiger partial charge in [0.25, 0.3) is 0 Å². The van der Waals surface area contributed by atoms with Crippen LogP contribution in [0.4, 0.5) is 0 Å².